The van der Waals surface area contributed by atoms with Gasteiger partial charge in [-0.2, -0.15) is 26.3 Å². The van der Waals surface area contributed by atoms with Crippen LogP contribution in [0.5, 0.6) is 0 Å². The molecule has 0 bridgehead atoms. The second-order valence-electron chi connectivity index (χ2n) is 37.9. The SMILES string of the molecule is CCn1c(C)c(C(=O)O)c(-c2cccc(N3CCN(c4ccc(N5CCO[P@]5(=O)c5ccc(C[C@H](CCN6CCC(O)CC6)CSc6ccccc6)c(S(=O)(=O)C(F)(F)F)c5)cc4)CC3)c2)c1-c1ccc(Cl)cc1.Cc1c(C(=O)O)c(-c2cccc(N3CCN(c4ccc(N5CCO[P@@]5(=O)c5ccc(C[C@H](CCN6CCC(O)CC6)CSc6ccccc6)c(S(=O)(=O)C(F)(F)F)c5)cc4)CC3)c2)c(-c2ccc(Cl)cc2)n1C. The zero-order valence-electron chi connectivity index (χ0n) is 81.8. The third-order valence-electron chi connectivity index (χ3n) is 28.8. The maximum atomic E-state index is 15.0. The third kappa shape index (κ3) is 23.9. The Morgan fingerprint density at radius 3 is 1.15 bits per heavy atom. The highest BCUT2D eigenvalue weighted by atomic mass is 35.5. The van der Waals surface area contributed by atoms with Gasteiger partial charge in [0.2, 0.25) is 0 Å². The standard InChI is InChI=1S/C55H60ClF3N5O7PS2.C54H58ClF3N5O7PS2/c1-3-63-38(2)51(54(66)67)52(53(63)40-12-15-43(56)16-13-40)42-8-7-9-46(35-42)62-30-28-61(29-31-62)44-17-19-45(20-18-44)64-32-33-71-72(64,68)48-21-14-41(50(36-48)74(69,70)55(57,58)59)34-39(37-73-49-10-5-4-6-11-49)22-25-60-26-23-47(65)24-27-60;1-37-50(53(65)66)51(52(59(37)2)39-11-14-42(55)15-12-39)41-7-6-8-45(34-41)62-29-27-61(28-30-62)43-16-18-44(19-17-43)63-31-32-70-71(63,67)47-20-13-40(49(35-47)73(68,69)54(56,57)58)33-38(36-72-48-9-4-3-5-10-48)21-24-60-25-22-46(64)23-26-60/h4-21,35-36,39,47,65H,3,22-34,37H2,1-2H3,(H,66,67);3-20,34-35,38,46,64H,21-33,36H2,1-2H3,(H,65,66)/t39-,72+;38-,71-/m00/s1. The van der Waals surface area contributed by atoms with Crippen LogP contribution >= 0.6 is 61.8 Å². The summed E-state index contributed by atoms with van der Waals surface area (Å²) in [7, 11) is -18.1. The van der Waals surface area contributed by atoms with Gasteiger partial charge in [-0.3, -0.25) is 18.5 Å². The summed E-state index contributed by atoms with van der Waals surface area (Å²) in [5.74, 6) is -1.37. The molecule has 4 N–H and O–H groups in total. The molecule has 18 rings (SSSR count). The van der Waals surface area contributed by atoms with Crippen LogP contribution in [0.15, 0.2) is 262 Å². The summed E-state index contributed by atoms with van der Waals surface area (Å²) in [4.78, 5) is 39.1. The molecule has 8 heterocycles. The van der Waals surface area contributed by atoms with E-state index >= 15 is 0 Å². The first-order valence-corrected chi connectivity index (χ1v) is 58.1. The van der Waals surface area contributed by atoms with Gasteiger partial charge in [0.15, 0.2) is 0 Å². The summed E-state index contributed by atoms with van der Waals surface area (Å²) in [5.41, 5.74) is 1.52. The molecule has 6 saturated heterocycles. The fourth-order valence-electron chi connectivity index (χ4n) is 20.7. The van der Waals surface area contributed by atoms with E-state index in [4.69, 9.17) is 32.2 Å². The lowest BCUT2D eigenvalue weighted by Crippen LogP contribution is -2.46. The Hall–Kier alpha value is -10.5. The zero-order valence-corrected chi connectivity index (χ0v) is 88.4. The Morgan fingerprint density at radius 2 is 0.782 bits per heavy atom. The molecule has 6 aliphatic rings. The number of benzene rings is 10. The number of alkyl halides is 6. The van der Waals surface area contributed by atoms with Crippen LogP contribution in [0, 0.1) is 25.7 Å². The molecule has 0 unspecified atom stereocenters. The normalized spacial score (nSPS) is 18.6. The fourth-order valence-corrected chi connectivity index (χ4v) is 29.8. The van der Waals surface area contributed by atoms with Gasteiger partial charge in [-0.15, -0.1) is 23.5 Å². The number of piperidine rings is 2. The highest BCUT2D eigenvalue weighted by Gasteiger charge is 2.52. The Labute approximate surface area is 872 Å². The van der Waals surface area contributed by atoms with E-state index in [9.17, 15) is 82.3 Å². The van der Waals surface area contributed by atoms with Crippen LogP contribution in [0.3, 0.4) is 0 Å². The number of nitrogens with zero attached hydrogens (tertiary/aromatic N) is 10. The summed E-state index contributed by atoms with van der Waals surface area (Å²) in [5, 5.41) is 41.9. The van der Waals surface area contributed by atoms with Gasteiger partial charge in [0.25, 0.3) is 19.7 Å². The molecule has 24 nitrogen and oxygen atoms in total. The molecule has 0 radical (unpaired) electrons. The van der Waals surface area contributed by atoms with Gasteiger partial charge in [0.05, 0.1) is 81.4 Å². The monoisotopic (exact) mass is 2160 g/mol. The second kappa shape index (κ2) is 46.1. The minimum atomic E-state index is -5.87. The van der Waals surface area contributed by atoms with Crippen molar-refractivity contribution >= 4 is 138 Å². The summed E-state index contributed by atoms with van der Waals surface area (Å²) in [6.45, 7) is 16.0. The summed E-state index contributed by atoms with van der Waals surface area (Å²) < 4.78 is 190. The Kier molecular flexibility index (Phi) is 33.8. The van der Waals surface area contributed by atoms with Gasteiger partial charge in [-0.25, -0.2) is 26.4 Å². The highest BCUT2D eigenvalue weighted by Crippen LogP contribution is 2.59. The molecule has 0 spiro atoms. The predicted molar refractivity (Wildman–Crippen MR) is 574 cm³/mol. The van der Waals surface area contributed by atoms with Crippen LogP contribution in [-0.4, -0.2) is 221 Å². The Bertz CT molecular complexity index is 7040. The van der Waals surface area contributed by atoms with Crippen molar-refractivity contribution < 1.29 is 91.4 Å². The first kappa shape index (κ1) is 108. The molecule has 12 aromatic rings. The van der Waals surface area contributed by atoms with Crippen LogP contribution in [0.25, 0.3) is 44.8 Å². The number of carbonyl (C=O) groups is 2. The van der Waals surface area contributed by atoms with Gasteiger partial charge < -0.3 is 68.0 Å². The molecule has 147 heavy (non-hydrogen) atoms. The lowest BCUT2D eigenvalue weighted by molar-refractivity contribution is -0.0442. The third-order valence-corrected chi connectivity index (χ3v) is 40.0. The molecule has 0 amide bonds. The minimum absolute atomic E-state index is 0.00482. The van der Waals surface area contributed by atoms with E-state index in [-0.39, 0.29) is 96.1 Å². The number of likely N-dealkylation sites (tertiary alicyclic amines) is 2. The molecule has 6 aliphatic heterocycles. The van der Waals surface area contributed by atoms with Gasteiger partial charge in [0, 0.05) is 180 Å². The van der Waals surface area contributed by atoms with E-state index in [1.165, 1.54) is 33.6 Å². The van der Waals surface area contributed by atoms with E-state index in [1.807, 2.05) is 188 Å². The van der Waals surface area contributed by atoms with Crippen molar-refractivity contribution in [3.63, 3.8) is 0 Å². The number of hydrogen-bond donors (Lipinski definition) is 4. The smallest absolute Gasteiger partial charge is 0.478 e. The number of aliphatic hydroxyl groups is 2. The van der Waals surface area contributed by atoms with Crippen molar-refractivity contribution in [2.24, 2.45) is 18.9 Å². The van der Waals surface area contributed by atoms with Crippen molar-refractivity contribution in [1.29, 1.82) is 0 Å². The van der Waals surface area contributed by atoms with E-state index in [2.05, 4.69) is 29.4 Å². The minimum Gasteiger partial charge on any atom is -0.478 e. The lowest BCUT2D eigenvalue weighted by Gasteiger charge is -2.37. The van der Waals surface area contributed by atoms with Crippen LogP contribution < -0.4 is 39.5 Å². The molecule has 6 fully saturated rings. The van der Waals surface area contributed by atoms with Crippen molar-refractivity contribution in [2.75, 3.05) is 158 Å². The van der Waals surface area contributed by atoms with Gasteiger partial charge in [0.1, 0.15) is 0 Å². The van der Waals surface area contributed by atoms with Crippen LogP contribution in [-0.2, 0) is 64.3 Å². The van der Waals surface area contributed by atoms with Crippen LogP contribution in [0.4, 0.5) is 60.5 Å². The summed E-state index contributed by atoms with van der Waals surface area (Å²) >= 11 is 15.6. The average Bonchev–Trinajstić information content (AvgIpc) is 1.75. The van der Waals surface area contributed by atoms with E-state index in [1.54, 1.807) is 79.0 Å². The summed E-state index contributed by atoms with van der Waals surface area (Å²) in [6.07, 6.45) is 3.14. The maximum absolute atomic E-state index is 15.0. The van der Waals surface area contributed by atoms with Crippen molar-refractivity contribution in [2.45, 2.75) is 121 Å². The number of carboxylic acids is 2. The molecule has 778 valence electrons. The first-order chi connectivity index (χ1) is 70.3. The number of aliphatic hydroxyl groups excluding tert-OH is 2. The second-order valence-corrected chi connectivity index (χ2v) is 49.4. The molecule has 0 saturated carbocycles. The molecular weight excluding hydrogens is 2050 g/mol. The Balaban J connectivity index is 0.000000201. The Morgan fingerprint density at radius 1 is 0.429 bits per heavy atom. The number of hydrogen-bond acceptors (Lipinski definition) is 20. The summed E-state index contributed by atoms with van der Waals surface area (Å²) in [6, 6.07) is 72.2. The molecule has 38 heteroatoms. The van der Waals surface area contributed by atoms with Crippen LogP contribution in [0.1, 0.15) is 88.7 Å². The molecule has 4 atom stereocenters. The molecular formula is C109H118Cl2F6N10O14P2S4. The van der Waals surface area contributed by atoms with Gasteiger partial charge in [-0.05, 0) is 276 Å². The number of piperazine rings is 2. The quantitative estimate of drug-likeness (QED) is 0.0169. The fraction of sp³-hybridized carbons (Fsp3) is 0.358. The van der Waals surface area contributed by atoms with Crippen LogP contribution in [0.2, 0.25) is 10.0 Å². The van der Waals surface area contributed by atoms with Crippen molar-refractivity contribution in [1.82, 2.24) is 18.9 Å². The van der Waals surface area contributed by atoms with Crippen molar-refractivity contribution in [3.8, 4) is 44.8 Å². The predicted octanol–water partition coefficient (Wildman–Crippen LogP) is 22.1. The molecule has 0 aliphatic carbocycles. The molecule has 10 aromatic carbocycles. The lowest BCUT2D eigenvalue weighted by atomic mass is 9.96. The van der Waals surface area contributed by atoms with Gasteiger partial charge >= 0.3 is 38.0 Å². The van der Waals surface area contributed by atoms with E-state index < -0.39 is 67.5 Å². The molecule has 2 aromatic heterocycles. The number of carboxylic acid groups (broad SMARTS) is 2. The topological polar surface area (TPSA) is 272 Å². The first-order valence-electron chi connectivity index (χ1n) is 49.3. The van der Waals surface area contributed by atoms with E-state index in [0.717, 1.165) is 78.3 Å². The largest absolute Gasteiger partial charge is 0.501 e. The number of halogens is 8. The number of thioether (sulfide) groups is 2. The van der Waals surface area contributed by atoms with Gasteiger partial charge in [-0.1, -0.05) is 120 Å². The number of anilines is 6. The number of aromatic carboxylic acids is 2. The number of sulfone groups is 2. The number of rotatable bonds is 33. The van der Waals surface area contributed by atoms with E-state index in [0.29, 0.717) is 192 Å². The van der Waals surface area contributed by atoms with Crippen molar-refractivity contribution in [3.05, 3.63) is 286 Å². The maximum Gasteiger partial charge on any atom is 0.501 e. The number of aromatic nitrogens is 2. The highest BCUT2D eigenvalue weighted by molar-refractivity contribution is 7.99. The average molecular weight is 2170 g/mol. The zero-order chi connectivity index (χ0) is 104.